The molecule has 19 heteroatoms. The Morgan fingerprint density at radius 3 is 2.47 bits per heavy atom. The summed E-state index contributed by atoms with van der Waals surface area (Å²) in [5.74, 6) is -5.18. The lowest BCUT2D eigenvalue weighted by Crippen LogP contribution is -2.73. The Hall–Kier alpha value is -3.68. The quantitative estimate of drug-likeness (QED) is 0.0796. The van der Waals surface area contributed by atoms with Gasteiger partial charge in [0.05, 0.1) is 6.61 Å². The van der Waals surface area contributed by atoms with Crippen molar-refractivity contribution in [2.45, 2.75) is 24.9 Å². The molecule has 2 aliphatic rings. The second kappa shape index (κ2) is 9.67. The van der Waals surface area contributed by atoms with Crippen LogP contribution in [0.1, 0.15) is 18.5 Å². The highest BCUT2D eigenvalue weighted by molar-refractivity contribution is 7.84. The second-order valence-corrected chi connectivity index (χ2v) is 8.86. The van der Waals surface area contributed by atoms with Gasteiger partial charge in [0, 0.05) is 18.2 Å². The number of nitrogen functional groups attached to an aromatic ring is 1. The van der Waals surface area contributed by atoms with Crippen molar-refractivity contribution in [3.63, 3.8) is 0 Å². The van der Waals surface area contributed by atoms with E-state index in [-0.39, 0.29) is 28.0 Å². The molecule has 184 valence electrons. The maximum Gasteiger partial charge on any atom is 0.362 e. The predicted octanol–water partition coefficient (Wildman–Crippen LogP) is -2.89. The first-order chi connectivity index (χ1) is 15.9. The van der Waals surface area contributed by atoms with Gasteiger partial charge in [-0.05, 0) is 0 Å². The van der Waals surface area contributed by atoms with Gasteiger partial charge in [-0.1, -0.05) is 5.16 Å². The van der Waals surface area contributed by atoms with E-state index >= 15 is 0 Å². The molecule has 2 unspecified atom stereocenters. The van der Waals surface area contributed by atoms with Crippen molar-refractivity contribution in [3.05, 3.63) is 11.1 Å². The van der Waals surface area contributed by atoms with Gasteiger partial charge in [0.25, 0.3) is 23.6 Å². The maximum absolute atomic E-state index is 12.8. The summed E-state index contributed by atoms with van der Waals surface area (Å²) in [7, 11) is -5.08. The molecule has 5 N–H and O–H groups in total. The lowest BCUT2D eigenvalue weighted by atomic mass is 9.99. The average Bonchev–Trinajstić information content (AvgIpc) is 3.30. The van der Waals surface area contributed by atoms with Gasteiger partial charge in [-0.2, -0.15) is 13.5 Å². The summed E-state index contributed by atoms with van der Waals surface area (Å²) in [4.78, 5) is 72.5. The zero-order chi connectivity index (χ0) is 25.2. The number of amides is 4. The lowest BCUT2D eigenvalue weighted by molar-refractivity contribution is -0.195. The van der Waals surface area contributed by atoms with E-state index in [4.69, 9.17) is 15.7 Å². The van der Waals surface area contributed by atoms with Crippen molar-refractivity contribution in [2.24, 2.45) is 5.16 Å². The number of oxime groups is 1. The van der Waals surface area contributed by atoms with E-state index in [2.05, 4.69) is 20.3 Å². The van der Waals surface area contributed by atoms with Gasteiger partial charge in [-0.25, -0.2) is 14.1 Å². The molecule has 0 aliphatic carbocycles. The summed E-state index contributed by atoms with van der Waals surface area (Å²) in [6, 6.07) is -3.16. The minimum atomic E-state index is -5.08. The first-order valence-electron chi connectivity index (χ1n) is 9.13. The Morgan fingerprint density at radius 2 is 1.94 bits per heavy atom. The van der Waals surface area contributed by atoms with E-state index in [1.165, 1.54) is 5.38 Å². The van der Waals surface area contributed by atoms with Crippen LogP contribution in [0.4, 0.5) is 5.13 Å². The van der Waals surface area contributed by atoms with Gasteiger partial charge in [-0.3, -0.25) is 28.6 Å². The number of carboxylic acids is 1. The molecule has 3 heterocycles. The number of aliphatic carboxylic acids is 1. The standard InChI is InChI=1S/C15H16N6O11S2/c16-15-17-6(5-33-15)11(19-31-4-10(24)25)13(26)18-12-7(21(14(12)27)34(28,29)30)3-32-20-8(22)1-2-9(20)23/h5,7,12H,1-4H2,(H2,16,17)(H,18,26)(H,24,25)(H,28,29,30). The summed E-state index contributed by atoms with van der Waals surface area (Å²) in [5, 5.41) is 15.9. The van der Waals surface area contributed by atoms with Crippen LogP contribution in [0.3, 0.4) is 0 Å². The number of hydroxylamine groups is 2. The molecule has 2 fully saturated rings. The number of nitrogens with zero attached hydrogens (tertiary/aromatic N) is 4. The van der Waals surface area contributed by atoms with E-state index in [0.29, 0.717) is 5.06 Å². The highest BCUT2D eigenvalue weighted by Crippen LogP contribution is 2.25. The number of carbonyl (C=O) groups excluding carboxylic acids is 4. The fourth-order valence-corrected chi connectivity index (χ4v) is 4.35. The molecular weight excluding hydrogens is 504 g/mol. The molecule has 0 bridgehead atoms. The number of carboxylic acid groups (broad SMARTS) is 1. The Balaban J connectivity index is 1.79. The molecule has 2 saturated heterocycles. The number of thiazole rings is 1. The van der Waals surface area contributed by atoms with E-state index in [0.717, 1.165) is 11.3 Å². The van der Waals surface area contributed by atoms with Crippen LogP contribution in [0.25, 0.3) is 0 Å². The zero-order valence-electron chi connectivity index (χ0n) is 16.8. The molecule has 2 aliphatic heterocycles. The fraction of sp³-hybridized carbons (Fsp3) is 0.400. The number of nitrogens with one attached hydrogen (secondary N) is 1. The van der Waals surface area contributed by atoms with Crippen LogP contribution >= 0.6 is 11.3 Å². The summed E-state index contributed by atoms with van der Waals surface area (Å²) < 4.78 is 32.5. The van der Waals surface area contributed by atoms with Crippen LogP contribution in [0.2, 0.25) is 0 Å². The topological polar surface area (TPSA) is 248 Å². The van der Waals surface area contributed by atoms with Gasteiger partial charge in [-0.15, -0.1) is 11.3 Å². The molecule has 1 aromatic heterocycles. The normalized spacial score (nSPS) is 21.0. The minimum Gasteiger partial charge on any atom is -0.479 e. The van der Waals surface area contributed by atoms with E-state index in [1.54, 1.807) is 0 Å². The monoisotopic (exact) mass is 520 g/mol. The third kappa shape index (κ3) is 5.27. The Labute approximate surface area is 193 Å². The number of hydrogen-bond acceptors (Lipinski definition) is 13. The Bertz CT molecular complexity index is 1160. The van der Waals surface area contributed by atoms with Gasteiger partial charge in [0.1, 0.15) is 17.8 Å². The summed E-state index contributed by atoms with van der Waals surface area (Å²) in [5.41, 5.74) is 4.80. The van der Waals surface area contributed by atoms with Crippen molar-refractivity contribution < 1.29 is 51.7 Å². The Kier molecular flexibility index (Phi) is 7.09. The zero-order valence-corrected chi connectivity index (χ0v) is 18.4. The predicted molar refractivity (Wildman–Crippen MR) is 108 cm³/mol. The summed E-state index contributed by atoms with van der Waals surface area (Å²) in [6.07, 6.45) is -0.255. The number of β-lactam (4-membered cyclic amide) rings is 1. The molecule has 1 aromatic rings. The number of nitrogens with two attached hydrogens (primary N) is 1. The number of hydrogen-bond donors (Lipinski definition) is 4. The van der Waals surface area contributed by atoms with Crippen LogP contribution in [-0.4, -0.2) is 93.0 Å². The van der Waals surface area contributed by atoms with Crippen LogP contribution in [0.15, 0.2) is 10.5 Å². The molecule has 17 nitrogen and oxygen atoms in total. The number of carbonyl (C=O) groups is 5. The largest absolute Gasteiger partial charge is 0.479 e. The second-order valence-electron chi connectivity index (χ2n) is 6.69. The third-order valence-corrected chi connectivity index (χ3v) is 6.03. The highest BCUT2D eigenvalue weighted by atomic mass is 32.2. The van der Waals surface area contributed by atoms with E-state index < -0.39 is 70.9 Å². The molecule has 4 amide bonds. The molecular formula is C15H16N6O11S2. The molecule has 0 saturated carbocycles. The van der Waals surface area contributed by atoms with Crippen LogP contribution in [-0.2, 0) is 44.0 Å². The molecule has 0 aromatic carbocycles. The first kappa shape index (κ1) is 25.0. The smallest absolute Gasteiger partial charge is 0.362 e. The number of anilines is 1. The fourth-order valence-electron chi connectivity index (χ4n) is 2.94. The van der Waals surface area contributed by atoms with Gasteiger partial charge >= 0.3 is 16.3 Å². The van der Waals surface area contributed by atoms with E-state index in [9.17, 15) is 36.9 Å². The maximum atomic E-state index is 12.8. The van der Waals surface area contributed by atoms with Crippen molar-refractivity contribution >= 4 is 62.1 Å². The van der Waals surface area contributed by atoms with Crippen molar-refractivity contribution in [1.29, 1.82) is 0 Å². The van der Waals surface area contributed by atoms with E-state index in [1.807, 2.05) is 0 Å². The van der Waals surface area contributed by atoms with Crippen molar-refractivity contribution in [3.8, 4) is 0 Å². The summed E-state index contributed by atoms with van der Waals surface area (Å²) in [6.45, 7) is -1.68. The van der Waals surface area contributed by atoms with Crippen molar-refractivity contribution in [1.82, 2.24) is 19.7 Å². The van der Waals surface area contributed by atoms with Gasteiger partial charge in [0.2, 0.25) is 6.61 Å². The molecule has 0 spiro atoms. The number of imide groups is 1. The summed E-state index contributed by atoms with van der Waals surface area (Å²) >= 11 is 0.913. The van der Waals surface area contributed by atoms with Crippen LogP contribution in [0.5, 0.6) is 0 Å². The average molecular weight is 520 g/mol. The lowest BCUT2D eigenvalue weighted by Gasteiger charge is -2.43. The minimum absolute atomic E-state index is 0.00153. The Morgan fingerprint density at radius 1 is 1.29 bits per heavy atom. The van der Waals surface area contributed by atoms with Crippen molar-refractivity contribution in [2.75, 3.05) is 18.9 Å². The van der Waals surface area contributed by atoms with Crippen LogP contribution in [0, 0.1) is 0 Å². The molecule has 34 heavy (non-hydrogen) atoms. The number of aromatic nitrogens is 1. The molecule has 0 radical (unpaired) electrons. The third-order valence-electron chi connectivity index (χ3n) is 4.41. The van der Waals surface area contributed by atoms with Crippen LogP contribution < -0.4 is 11.1 Å². The van der Waals surface area contributed by atoms with Gasteiger partial charge in [0.15, 0.2) is 10.8 Å². The SMILES string of the molecule is Nc1nc(C(=NOCC(=O)O)C(=O)NC2C(=O)N(S(=O)(=O)O)C2CON2C(=O)CCC2=O)cs1. The van der Waals surface area contributed by atoms with Gasteiger partial charge < -0.3 is 21.0 Å². The number of rotatable bonds is 10. The first-order valence-corrected chi connectivity index (χ1v) is 11.4. The molecule has 2 atom stereocenters. The highest BCUT2D eigenvalue weighted by Gasteiger charge is 2.55. The molecule has 3 rings (SSSR count).